The molecule has 1 rings (SSSR count). The molecule has 0 amide bonds. The maximum Gasteiger partial charge on any atom is 0.350 e. The third-order valence-electron chi connectivity index (χ3n) is 1.48. The van der Waals surface area contributed by atoms with Crippen LogP contribution in [-0.4, -0.2) is 14.3 Å². The summed E-state index contributed by atoms with van der Waals surface area (Å²) in [5.41, 5.74) is -0.182. The summed E-state index contributed by atoms with van der Waals surface area (Å²) in [6.45, 7) is 13.4. The number of aryl methyl sites for hydroxylation is 1. The molecule has 4 nitrogen and oxygen atoms in total. The minimum atomic E-state index is -0.182. The summed E-state index contributed by atoms with van der Waals surface area (Å²) in [4.78, 5) is 11.3. The summed E-state index contributed by atoms with van der Waals surface area (Å²) in [5, 5.41) is 3.98. The van der Waals surface area contributed by atoms with Crippen molar-refractivity contribution in [3.8, 4) is 0 Å². The van der Waals surface area contributed by atoms with Crippen LogP contribution in [-0.2, 0) is 7.05 Å². The van der Waals surface area contributed by atoms with Gasteiger partial charge in [-0.1, -0.05) is 40.3 Å². The van der Waals surface area contributed by atoms with Gasteiger partial charge in [-0.15, -0.1) is 0 Å². The monoisotopic (exact) mass is 225 g/mol. The maximum atomic E-state index is 11.3. The van der Waals surface area contributed by atoms with Crippen molar-refractivity contribution < 1.29 is 0 Å². The van der Waals surface area contributed by atoms with Crippen molar-refractivity contribution in [1.29, 1.82) is 0 Å². The zero-order valence-corrected chi connectivity index (χ0v) is 11.2. The van der Waals surface area contributed by atoms with Crippen LogP contribution in [0.25, 0.3) is 12.3 Å². The number of aromatic nitrogens is 3. The molecule has 1 aromatic heterocycles. The summed E-state index contributed by atoms with van der Waals surface area (Å²) in [6, 6.07) is 0. The predicted molar refractivity (Wildman–Crippen MR) is 71.3 cm³/mol. The van der Waals surface area contributed by atoms with Crippen LogP contribution in [0.2, 0.25) is 0 Å². The molecular weight excluding hydrogens is 202 g/mol. The number of hydrogen-bond donors (Lipinski definition) is 0. The van der Waals surface area contributed by atoms with Gasteiger partial charge in [0.2, 0.25) is 0 Å². The highest BCUT2D eigenvalue weighted by Crippen LogP contribution is 1.94. The van der Waals surface area contributed by atoms with Gasteiger partial charge in [-0.25, -0.2) is 9.48 Å². The van der Waals surface area contributed by atoms with Crippen molar-refractivity contribution in [2.75, 3.05) is 0 Å². The van der Waals surface area contributed by atoms with Crippen molar-refractivity contribution in [3.63, 3.8) is 0 Å². The van der Waals surface area contributed by atoms with E-state index in [1.165, 1.54) is 15.4 Å². The first kappa shape index (κ1) is 16.8. The zero-order chi connectivity index (χ0) is 13.1. The molecular formula is C12H23N3O. The van der Waals surface area contributed by atoms with Gasteiger partial charge in [-0.2, -0.15) is 5.10 Å². The second kappa shape index (κ2) is 9.96. The largest absolute Gasteiger partial charge is 0.350 e. The second-order valence-electron chi connectivity index (χ2n) is 2.32. The molecule has 0 saturated heterocycles. The lowest BCUT2D eigenvalue weighted by Crippen LogP contribution is -2.19. The standard InChI is InChI=1S/C8H11N3O.2C2H6/c1-4-6-7-9-10(3)8(12)11(7)5-2;2*1-2/h4-6H,2H2,1,3H3;2*1-2H3/b6-4-;;. The van der Waals surface area contributed by atoms with Crippen LogP contribution in [0, 0.1) is 0 Å². The van der Waals surface area contributed by atoms with Crippen LogP contribution in [0.3, 0.4) is 0 Å². The Morgan fingerprint density at radius 3 is 2.12 bits per heavy atom. The Labute approximate surface area is 97.9 Å². The summed E-state index contributed by atoms with van der Waals surface area (Å²) >= 11 is 0. The quantitative estimate of drug-likeness (QED) is 0.776. The third-order valence-corrected chi connectivity index (χ3v) is 1.48. The normalized spacial score (nSPS) is 8.88. The molecule has 0 N–H and O–H groups in total. The molecule has 1 heterocycles. The Morgan fingerprint density at radius 1 is 1.25 bits per heavy atom. The predicted octanol–water partition coefficient (Wildman–Crippen LogP) is 2.77. The molecule has 0 unspecified atom stereocenters. The van der Waals surface area contributed by atoms with Crippen molar-refractivity contribution in [3.05, 3.63) is 29.0 Å². The molecule has 16 heavy (non-hydrogen) atoms. The van der Waals surface area contributed by atoms with E-state index in [2.05, 4.69) is 11.7 Å². The molecule has 0 atom stereocenters. The van der Waals surface area contributed by atoms with Gasteiger partial charge in [-0.3, -0.25) is 4.57 Å². The molecule has 1 aromatic rings. The smallest absolute Gasteiger partial charge is 0.251 e. The molecule has 0 saturated carbocycles. The van der Waals surface area contributed by atoms with E-state index < -0.39 is 0 Å². The first-order chi connectivity index (χ1) is 7.70. The van der Waals surface area contributed by atoms with E-state index in [0.717, 1.165) is 0 Å². The molecule has 0 bridgehead atoms. The van der Waals surface area contributed by atoms with E-state index in [4.69, 9.17) is 0 Å². The fourth-order valence-corrected chi connectivity index (χ4v) is 0.933. The van der Waals surface area contributed by atoms with Crippen LogP contribution >= 0.6 is 0 Å². The van der Waals surface area contributed by atoms with E-state index >= 15 is 0 Å². The first-order valence-corrected chi connectivity index (χ1v) is 5.61. The number of nitrogens with zero attached hydrogens (tertiary/aromatic N) is 3. The van der Waals surface area contributed by atoms with Gasteiger partial charge in [-0.05, 0) is 13.0 Å². The Kier molecular flexibility index (Phi) is 10.5. The Morgan fingerprint density at radius 2 is 1.75 bits per heavy atom. The van der Waals surface area contributed by atoms with Crippen molar-refractivity contribution >= 4 is 12.3 Å². The summed E-state index contributed by atoms with van der Waals surface area (Å²) in [5.74, 6) is 0.597. The second-order valence-corrected chi connectivity index (χ2v) is 2.32. The first-order valence-electron chi connectivity index (χ1n) is 5.61. The molecule has 0 aliphatic rings. The Bertz CT molecular complexity index is 372. The van der Waals surface area contributed by atoms with Crippen LogP contribution in [0.15, 0.2) is 17.4 Å². The Hall–Kier alpha value is -1.58. The molecule has 0 fully saturated rings. The lowest BCUT2D eigenvalue weighted by atomic mass is 10.5. The highest BCUT2D eigenvalue weighted by molar-refractivity contribution is 5.42. The van der Waals surface area contributed by atoms with Gasteiger partial charge in [0.1, 0.15) is 0 Å². The van der Waals surface area contributed by atoms with Gasteiger partial charge >= 0.3 is 5.69 Å². The summed E-state index contributed by atoms with van der Waals surface area (Å²) < 4.78 is 2.66. The number of rotatable bonds is 2. The highest BCUT2D eigenvalue weighted by atomic mass is 16.2. The average molecular weight is 225 g/mol. The summed E-state index contributed by atoms with van der Waals surface area (Å²) in [6.07, 6.45) is 5.02. The SMILES string of the molecule is C=Cn1c(/C=C\C)nn(C)c1=O.CC.CC. The molecule has 0 radical (unpaired) electrons. The van der Waals surface area contributed by atoms with Crippen molar-refractivity contribution in [2.24, 2.45) is 7.05 Å². The van der Waals surface area contributed by atoms with E-state index in [0.29, 0.717) is 5.82 Å². The molecule has 4 heteroatoms. The van der Waals surface area contributed by atoms with Crippen LogP contribution < -0.4 is 5.69 Å². The molecule has 0 aliphatic carbocycles. The van der Waals surface area contributed by atoms with E-state index in [9.17, 15) is 4.79 Å². The van der Waals surface area contributed by atoms with E-state index in [1.54, 1.807) is 13.1 Å². The highest BCUT2D eigenvalue weighted by Gasteiger charge is 2.03. The lowest BCUT2D eigenvalue weighted by Gasteiger charge is -1.89. The average Bonchev–Trinajstić information content (AvgIpc) is 2.60. The van der Waals surface area contributed by atoms with Gasteiger partial charge in [0, 0.05) is 13.2 Å². The molecule has 0 aromatic carbocycles. The van der Waals surface area contributed by atoms with Gasteiger partial charge < -0.3 is 0 Å². The molecule has 0 spiro atoms. The lowest BCUT2D eigenvalue weighted by molar-refractivity contribution is 0.728. The van der Waals surface area contributed by atoms with Crippen LogP contribution in [0.1, 0.15) is 40.4 Å². The van der Waals surface area contributed by atoms with Gasteiger partial charge in [0.05, 0.1) is 0 Å². The minimum Gasteiger partial charge on any atom is -0.251 e. The molecule has 0 aliphatic heterocycles. The van der Waals surface area contributed by atoms with Crippen molar-refractivity contribution in [1.82, 2.24) is 14.3 Å². The minimum absolute atomic E-state index is 0.182. The van der Waals surface area contributed by atoms with Gasteiger partial charge in [0.25, 0.3) is 0 Å². The van der Waals surface area contributed by atoms with Crippen LogP contribution in [0.4, 0.5) is 0 Å². The van der Waals surface area contributed by atoms with Crippen LogP contribution in [0.5, 0.6) is 0 Å². The molecule has 92 valence electrons. The zero-order valence-electron chi connectivity index (χ0n) is 11.2. The third kappa shape index (κ3) is 4.29. The summed E-state index contributed by atoms with van der Waals surface area (Å²) in [7, 11) is 1.61. The van der Waals surface area contributed by atoms with Gasteiger partial charge in [0.15, 0.2) is 5.82 Å². The fourth-order valence-electron chi connectivity index (χ4n) is 0.933. The van der Waals surface area contributed by atoms with Crippen molar-refractivity contribution in [2.45, 2.75) is 34.6 Å². The number of allylic oxidation sites excluding steroid dienone is 1. The maximum absolute atomic E-state index is 11.3. The topological polar surface area (TPSA) is 39.8 Å². The Balaban J connectivity index is 0. The fraction of sp³-hybridized carbons (Fsp3) is 0.500. The number of hydrogen-bond acceptors (Lipinski definition) is 2. The van der Waals surface area contributed by atoms with E-state index in [-0.39, 0.29) is 5.69 Å². The van der Waals surface area contributed by atoms with E-state index in [1.807, 2.05) is 40.7 Å².